The van der Waals surface area contributed by atoms with Gasteiger partial charge in [-0.3, -0.25) is 25.0 Å². The van der Waals surface area contributed by atoms with Crippen LogP contribution in [0.5, 0.6) is 0 Å². The predicted molar refractivity (Wildman–Crippen MR) is 59.1 cm³/mol. The molecule has 0 saturated heterocycles. The van der Waals surface area contributed by atoms with Crippen LogP contribution in [-0.4, -0.2) is 27.0 Å². The van der Waals surface area contributed by atoms with Gasteiger partial charge < -0.3 is 10.8 Å². The van der Waals surface area contributed by atoms with E-state index in [1.165, 1.54) is 12.1 Å². The maximum atomic E-state index is 10.8. The number of benzene rings is 1. The average molecular weight is 255 g/mol. The van der Waals surface area contributed by atoms with Crippen molar-refractivity contribution in [1.29, 1.82) is 0 Å². The zero-order valence-electron chi connectivity index (χ0n) is 8.98. The fourth-order valence-electron chi connectivity index (χ4n) is 1.42. The van der Waals surface area contributed by atoms with E-state index >= 15 is 0 Å². The van der Waals surface area contributed by atoms with E-state index < -0.39 is 33.2 Å². The Kier molecular flexibility index (Phi) is 3.89. The summed E-state index contributed by atoms with van der Waals surface area (Å²) in [6, 6.07) is 2.11. The predicted octanol–water partition coefficient (Wildman–Crippen LogP) is 0.457. The number of nitro groups is 2. The summed E-state index contributed by atoms with van der Waals surface area (Å²) >= 11 is 0. The van der Waals surface area contributed by atoms with E-state index in [0.29, 0.717) is 0 Å². The molecule has 9 nitrogen and oxygen atoms in total. The minimum Gasteiger partial charge on any atom is -0.480 e. The Labute approximate surface area is 100 Å². The highest BCUT2D eigenvalue weighted by atomic mass is 16.6. The fourth-order valence-corrected chi connectivity index (χ4v) is 1.42. The Balaban J connectivity index is 3.27. The number of nitrogens with zero attached hydrogens (tertiary/aromatic N) is 2. The van der Waals surface area contributed by atoms with E-state index in [1.54, 1.807) is 0 Å². The first-order valence-electron chi connectivity index (χ1n) is 4.73. The number of para-hydroxylation sites is 1. The van der Waals surface area contributed by atoms with Crippen LogP contribution in [0.15, 0.2) is 18.2 Å². The van der Waals surface area contributed by atoms with E-state index in [0.717, 1.165) is 6.07 Å². The zero-order valence-corrected chi connectivity index (χ0v) is 8.98. The zero-order chi connectivity index (χ0) is 13.9. The van der Waals surface area contributed by atoms with Crippen molar-refractivity contribution in [2.24, 2.45) is 5.73 Å². The molecular formula is C9H9N3O6. The number of carbonyl (C=O) groups is 1. The smallest absolute Gasteiger partial charge is 0.349 e. The van der Waals surface area contributed by atoms with Crippen LogP contribution in [0.1, 0.15) is 5.56 Å². The van der Waals surface area contributed by atoms with Gasteiger partial charge in [-0.2, -0.15) is 0 Å². The molecule has 1 aromatic rings. The molecule has 0 fully saturated rings. The van der Waals surface area contributed by atoms with Gasteiger partial charge in [-0.25, -0.2) is 0 Å². The molecule has 3 N–H and O–H groups in total. The lowest BCUT2D eigenvalue weighted by molar-refractivity contribution is -0.423. The Morgan fingerprint density at radius 2 is 1.94 bits per heavy atom. The van der Waals surface area contributed by atoms with Crippen LogP contribution in [0, 0.1) is 20.2 Å². The molecule has 96 valence electrons. The average Bonchev–Trinajstić information content (AvgIpc) is 2.27. The molecule has 0 radical (unpaired) electrons. The number of nitrogens with two attached hydrogens (primary N) is 1. The SMILES string of the molecule is NC(Cc1cccc([N+](=O)[O-])c1[N+](=O)[O-])C(=O)O. The molecule has 0 aliphatic rings. The third kappa shape index (κ3) is 2.77. The van der Waals surface area contributed by atoms with Gasteiger partial charge in [-0.05, 0) is 0 Å². The van der Waals surface area contributed by atoms with Crippen LogP contribution in [-0.2, 0) is 11.2 Å². The Morgan fingerprint density at radius 3 is 2.39 bits per heavy atom. The summed E-state index contributed by atoms with van der Waals surface area (Å²) in [7, 11) is 0. The molecule has 1 unspecified atom stereocenters. The highest BCUT2D eigenvalue weighted by Crippen LogP contribution is 2.30. The number of hydrogen-bond acceptors (Lipinski definition) is 6. The van der Waals surface area contributed by atoms with Crippen molar-refractivity contribution in [2.45, 2.75) is 12.5 Å². The number of hydrogen-bond donors (Lipinski definition) is 2. The summed E-state index contributed by atoms with van der Waals surface area (Å²) in [5.41, 5.74) is 3.76. The van der Waals surface area contributed by atoms with Crippen molar-refractivity contribution >= 4 is 17.3 Å². The Bertz CT molecular complexity index is 515. The van der Waals surface area contributed by atoms with Crippen LogP contribution >= 0.6 is 0 Å². The molecule has 0 amide bonds. The number of rotatable bonds is 5. The number of carboxylic acids is 1. The Hall–Kier alpha value is -2.55. The highest BCUT2D eigenvalue weighted by Gasteiger charge is 2.29. The van der Waals surface area contributed by atoms with E-state index in [2.05, 4.69) is 0 Å². The summed E-state index contributed by atoms with van der Waals surface area (Å²) in [6.45, 7) is 0. The second kappa shape index (κ2) is 5.19. The van der Waals surface area contributed by atoms with Crippen molar-refractivity contribution in [3.05, 3.63) is 44.0 Å². The quantitative estimate of drug-likeness (QED) is 0.572. The van der Waals surface area contributed by atoms with E-state index in [-0.39, 0.29) is 12.0 Å². The molecule has 0 aliphatic heterocycles. The normalized spacial score (nSPS) is 11.8. The topological polar surface area (TPSA) is 150 Å². The van der Waals surface area contributed by atoms with Gasteiger partial charge in [0.1, 0.15) is 6.04 Å². The molecule has 0 aliphatic carbocycles. The number of carboxylic acid groups (broad SMARTS) is 1. The molecule has 9 heteroatoms. The van der Waals surface area contributed by atoms with Crippen molar-refractivity contribution in [3.8, 4) is 0 Å². The van der Waals surface area contributed by atoms with Gasteiger partial charge in [0.15, 0.2) is 0 Å². The van der Waals surface area contributed by atoms with E-state index in [1.807, 2.05) is 0 Å². The molecule has 0 aromatic heterocycles. The van der Waals surface area contributed by atoms with Crippen molar-refractivity contribution in [2.75, 3.05) is 0 Å². The second-order valence-corrected chi connectivity index (χ2v) is 3.45. The first-order chi connectivity index (χ1) is 8.34. The van der Waals surface area contributed by atoms with Gasteiger partial charge in [0.05, 0.1) is 9.85 Å². The monoisotopic (exact) mass is 255 g/mol. The van der Waals surface area contributed by atoms with Crippen LogP contribution < -0.4 is 5.73 Å². The van der Waals surface area contributed by atoms with Crippen LogP contribution in [0.3, 0.4) is 0 Å². The van der Waals surface area contributed by atoms with Gasteiger partial charge in [0.25, 0.3) is 0 Å². The lowest BCUT2D eigenvalue weighted by Gasteiger charge is -2.06. The maximum Gasteiger partial charge on any atom is 0.349 e. The largest absolute Gasteiger partial charge is 0.480 e. The minimum absolute atomic E-state index is 0.0795. The number of aliphatic carboxylic acids is 1. The van der Waals surface area contributed by atoms with Gasteiger partial charge in [0, 0.05) is 18.1 Å². The highest BCUT2D eigenvalue weighted by molar-refractivity contribution is 5.74. The first-order valence-corrected chi connectivity index (χ1v) is 4.73. The summed E-state index contributed by atoms with van der Waals surface area (Å²) in [6.07, 6.45) is -0.354. The molecule has 0 spiro atoms. The van der Waals surface area contributed by atoms with Gasteiger partial charge >= 0.3 is 17.3 Å². The minimum atomic E-state index is -1.36. The fraction of sp³-hybridized carbons (Fsp3) is 0.222. The molecule has 18 heavy (non-hydrogen) atoms. The van der Waals surface area contributed by atoms with E-state index in [9.17, 15) is 25.0 Å². The molecule has 1 aromatic carbocycles. The van der Waals surface area contributed by atoms with Gasteiger partial charge in [-0.15, -0.1) is 0 Å². The molecular weight excluding hydrogens is 246 g/mol. The molecule has 1 atom stereocenters. The second-order valence-electron chi connectivity index (χ2n) is 3.45. The molecule has 0 heterocycles. The third-order valence-electron chi connectivity index (χ3n) is 2.23. The van der Waals surface area contributed by atoms with E-state index in [4.69, 9.17) is 10.8 Å². The van der Waals surface area contributed by atoms with Crippen LogP contribution in [0.4, 0.5) is 11.4 Å². The van der Waals surface area contributed by atoms with Crippen molar-refractivity contribution < 1.29 is 19.7 Å². The standard InChI is InChI=1S/C9H9N3O6/c10-6(9(13)14)4-5-2-1-3-7(11(15)16)8(5)12(17)18/h1-3,6H,4,10H2,(H,13,14). The first kappa shape index (κ1) is 13.5. The summed E-state index contributed by atoms with van der Waals surface area (Å²) in [5.74, 6) is -1.34. The molecule has 0 bridgehead atoms. The maximum absolute atomic E-state index is 10.8. The lowest BCUT2D eigenvalue weighted by Crippen LogP contribution is -2.32. The van der Waals surface area contributed by atoms with Crippen molar-refractivity contribution in [3.63, 3.8) is 0 Å². The molecule has 1 rings (SSSR count). The summed E-state index contributed by atoms with van der Waals surface area (Å²) < 4.78 is 0. The third-order valence-corrected chi connectivity index (χ3v) is 2.23. The Morgan fingerprint density at radius 1 is 1.33 bits per heavy atom. The molecule has 0 saturated carbocycles. The van der Waals surface area contributed by atoms with Crippen LogP contribution in [0.2, 0.25) is 0 Å². The number of nitro benzene ring substituents is 2. The lowest BCUT2D eigenvalue weighted by atomic mass is 10.0. The van der Waals surface area contributed by atoms with Gasteiger partial charge in [0.2, 0.25) is 0 Å². The summed E-state index contributed by atoms with van der Waals surface area (Å²) in [4.78, 5) is 30.2. The van der Waals surface area contributed by atoms with Gasteiger partial charge in [-0.1, -0.05) is 12.1 Å². The summed E-state index contributed by atoms with van der Waals surface area (Å²) in [5, 5.41) is 30.1. The van der Waals surface area contributed by atoms with Crippen LogP contribution in [0.25, 0.3) is 0 Å². The van der Waals surface area contributed by atoms with Crippen molar-refractivity contribution in [1.82, 2.24) is 0 Å².